The number of carbonyl (C=O) groups is 1. The lowest BCUT2D eigenvalue weighted by Crippen LogP contribution is -2.31. The molecule has 8 heteroatoms. The molecular formula is C21H27NO6S. The number of esters is 1. The van der Waals surface area contributed by atoms with Gasteiger partial charge < -0.3 is 14.2 Å². The lowest BCUT2D eigenvalue weighted by atomic mass is 10.1. The normalized spacial score (nSPS) is 11.3. The number of sulfonamides is 1. The Morgan fingerprint density at radius 1 is 0.966 bits per heavy atom. The molecule has 0 spiro atoms. The summed E-state index contributed by atoms with van der Waals surface area (Å²) in [6, 6.07) is 11.6. The van der Waals surface area contributed by atoms with Gasteiger partial charge in [-0.3, -0.25) is 0 Å². The summed E-state index contributed by atoms with van der Waals surface area (Å²) in [5, 5.41) is 0. The Bertz CT molecular complexity index is 921. The highest BCUT2D eigenvalue weighted by Crippen LogP contribution is 2.22. The van der Waals surface area contributed by atoms with Crippen LogP contribution in [0.3, 0.4) is 0 Å². The molecule has 0 saturated carbocycles. The number of hydrogen-bond acceptors (Lipinski definition) is 6. The third kappa shape index (κ3) is 5.71. The lowest BCUT2D eigenvalue weighted by Gasteiger charge is -2.20. The predicted octanol–water partition coefficient (Wildman–Crippen LogP) is 3.27. The molecule has 0 atom stereocenters. The molecule has 2 rings (SSSR count). The number of rotatable bonds is 10. The van der Waals surface area contributed by atoms with Crippen molar-refractivity contribution >= 4 is 16.0 Å². The summed E-state index contributed by atoms with van der Waals surface area (Å²) < 4.78 is 42.8. The van der Waals surface area contributed by atoms with E-state index in [0.717, 1.165) is 5.75 Å². The van der Waals surface area contributed by atoms with Gasteiger partial charge in [0.25, 0.3) is 0 Å². The van der Waals surface area contributed by atoms with E-state index < -0.39 is 16.0 Å². The average molecular weight is 422 g/mol. The molecule has 7 nitrogen and oxygen atoms in total. The molecule has 0 aliphatic rings. The van der Waals surface area contributed by atoms with Crippen molar-refractivity contribution in [3.8, 4) is 11.5 Å². The number of hydrogen-bond donors (Lipinski definition) is 0. The first-order chi connectivity index (χ1) is 13.8. The molecule has 2 aromatic carbocycles. The number of ether oxygens (including phenoxy) is 3. The molecule has 0 saturated heterocycles. The van der Waals surface area contributed by atoms with E-state index in [0.29, 0.717) is 24.4 Å². The fourth-order valence-corrected chi connectivity index (χ4v) is 4.47. The summed E-state index contributed by atoms with van der Waals surface area (Å²) in [5.74, 6) is 0.753. The highest BCUT2D eigenvalue weighted by molar-refractivity contribution is 7.89. The van der Waals surface area contributed by atoms with Gasteiger partial charge >= 0.3 is 5.97 Å². The summed E-state index contributed by atoms with van der Waals surface area (Å²) in [4.78, 5) is 12.5. The summed E-state index contributed by atoms with van der Waals surface area (Å²) >= 11 is 0. The van der Waals surface area contributed by atoms with Crippen LogP contribution in [0.15, 0.2) is 47.4 Å². The molecule has 29 heavy (non-hydrogen) atoms. The third-order valence-electron chi connectivity index (χ3n) is 4.39. The van der Waals surface area contributed by atoms with Gasteiger partial charge in [0.2, 0.25) is 10.0 Å². The minimum Gasteiger partial charge on any atom is -0.497 e. The van der Waals surface area contributed by atoms with Crippen LogP contribution in [0.25, 0.3) is 0 Å². The number of aryl methyl sites for hydroxylation is 1. The zero-order valence-corrected chi connectivity index (χ0v) is 18.0. The van der Waals surface area contributed by atoms with E-state index in [1.165, 1.54) is 10.4 Å². The smallest absolute Gasteiger partial charge is 0.338 e. The van der Waals surface area contributed by atoms with Crippen molar-refractivity contribution in [3.05, 3.63) is 53.6 Å². The van der Waals surface area contributed by atoms with E-state index in [9.17, 15) is 13.2 Å². The lowest BCUT2D eigenvalue weighted by molar-refractivity contribution is 0.0450. The van der Waals surface area contributed by atoms with Crippen molar-refractivity contribution in [1.82, 2.24) is 4.31 Å². The first kappa shape index (κ1) is 22.7. The molecule has 0 amide bonds. The topological polar surface area (TPSA) is 82.1 Å². The van der Waals surface area contributed by atoms with Crippen LogP contribution >= 0.6 is 0 Å². The number of carbonyl (C=O) groups excluding carboxylic acids is 1. The number of benzene rings is 2. The SMILES string of the molecule is CCN(CC)S(=O)(=O)c1cc(C(=O)OCCOc2ccc(OC)cc2)ccc1C. The van der Waals surface area contributed by atoms with Crippen LogP contribution in [0.4, 0.5) is 0 Å². The van der Waals surface area contributed by atoms with E-state index in [1.807, 2.05) is 0 Å². The molecule has 0 N–H and O–H groups in total. The fourth-order valence-electron chi connectivity index (χ4n) is 2.76. The second kappa shape index (κ2) is 10.3. The first-order valence-corrected chi connectivity index (χ1v) is 10.8. The van der Waals surface area contributed by atoms with E-state index >= 15 is 0 Å². The van der Waals surface area contributed by atoms with Crippen molar-refractivity contribution in [3.63, 3.8) is 0 Å². The van der Waals surface area contributed by atoms with Crippen LogP contribution < -0.4 is 9.47 Å². The molecule has 0 aliphatic heterocycles. The minimum atomic E-state index is -3.66. The van der Waals surface area contributed by atoms with Gasteiger partial charge in [-0.2, -0.15) is 4.31 Å². The van der Waals surface area contributed by atoms with Crippen LogP contribution in [0.1, 0.15) is 29.8 Å². The van der Waals surface area contributed by atoms with Crippen LogP contribution in [0, 0.1) is 6.92 Å². The van der Waals surface area contributed by atoms with Crippen molar-refractivity contribution in [2.75, 3.05) is 33.4 Å². The maximum atomic E-state index is 12.8. The van der Waals surface area contributed by atoms with E-state index in [2.05, 4.69) is 0 Å². The Balaban J connectivity index is 2.00. The Morgan fingerprint density at radius 2 is 1.59 bits per heavy atom. The van der Waals surface area contributed by atoms with Crippen LogP contribution in [-0.2, 0) is 14.8 Å². The zero-order chi connectivity index (χ0) is 21.4. The highest BCUT2D eigenvalue weighted by Gasteiger charge is 2.25. The van der Waals surface area contributed by atoms with Crippen molar-refractivity contribution in [1.29, 1.82) is 0 Å². The van der Waals surface area contributed by atoms with Gasteiger partial charge in [-0.1, -0.05) is 19.9 Å². The van der Waals surface area contributed by atoms with E-state index in [1.54, 1.807) is 64.3 Å². The summed E-state index contributed by atoms with van der Waals surface area (Å²) in [7, 11) is -2.08. The number of nitrogens with zero attached hydrogens (tertiary/aromatic N) is 1. The largest absolute Gasteiger partial charge is 0.497 e. The minimum absolute atomic E-state index is 0.0386. The van der Waals surface area contributed by atoms with Crippen molar-refractivity contribution in [2.24, 2.45) is 0 Å². The second-order valence-electron chi connectivity index (χ2n) is 6.23. The molecule has 0 aromatic heterocycles. The third-order valence-corrected chi connectivity index (χ3v) is 6.58. The van der Waals surface area contributed by atoms with Gasteiger partial charge in [0.05, 0.1) is 17.6 Å². The molecule has 158 valence electrons. The van der Waals surface area contributed by atoms with Gasteiger partial charge in [-0.15, -0.1) is 0 Å². The summed E-state index contributed by atoms with van der Waals surface area (Å²) in [6.07, 6.45) is 0. The summed E-state index contributed by atoms with van der Waals surface area (Å²) in [6.45, 7) is 6.18. The molecule has 0 unspecified atom stereocenters. The maximum Gasteiger partial charge on any atom is 0.338 e. The van der Waals surface area contributed by atoms with Gasteiger partial charge in [0.15, 0.2) is 0 Å². The standard InChI is InChI=1S/C21H27NO6S/c1-5-22(6-2)29(24,25)20-15-17(8-7-16(20)3)21(23)28-14-13-27-19-11-9-18(26-4)10-12-19/h7-12,15H,5-6,13-14H2,1-4H3. The quantitative estimate of drug-likeness (QED) is 0.433. The van der Waals surface area contributed by atoms with Gasteiger partial charge in [-0.25, -0.2) is 13.2 Å². The second-order valence-corrected chi connectivity index (χ2v) is 8.14. The van der Waals surface area contributed by atoms with E-state index in [4.69, 9.17) is 14.2 Å². The fraction of sp³-hybridized carbons (Fsp3) is 0.381. The Hall–Kier alpha value is -2.58. The Morgan fingerprint density at radius 3 is 2.17 bits per heavy atom. The molecule has 0 bridgehead atoms. The Labute approximate surface area is 172 Å². The summed E-state index contributed by atoms with van der Waals surface area (Å²) in [5.41, 5.74) is 0.766. The maximum absolute atomic E-state index is 12.8. The molecule has 0 radical (unpaired) electrons. The molecule has 0 heterocycles. The molecule has 0 aliphatic carbocycles. The molecule has 2 aromatic rings. The van der Waals surface area contributed by atoms with Crippen molar-refractivity contribution in [2.45, 2.75) is 25.7 Å². The highest BCUT2D eigenvalue weighted by atomic mass is 32.2. The average Bonchev–Trinajstić information content (AvgIpc) is 2.72. The van der Waals surface area contributed by atoms with E-state index in [-0.39, 0.29) is 23.7 Å². The van der Waals surface area contributed by atoms with Gasteiger partial charge in [0, 0.05) is 13.1 Å². The van der Waals surface area contributed by atoms with Gasteiger partial charge in [0.1, 0.15) is 24.7 Å². The zero-order valence-electron chi connectivity index (χ0n) is 17.2. The predicted molar refractivity (Wildman–Crippen MR) is 110 cm³/mol. The monoisotopic (exact) mass is 421 g/mol. The molecule has 0 fully saturated rings. The van der Waals surface area contributed by atoms with Gasteiger partial charge in [-0.05, 0) is 48.9 Å². The Kier molecular flexibility index (Phi) is 8.04. The first-order valence-electron chi connectivity index (χ1n) is 9.38. The van der Waals surface area contributed by atoms with Crippen LogP contribution in [0.2, 0.25) is 0 Å². The molecular weight excluding hydrogens is 394 g/mol. The van der Waals surface area contributed by atoms with Crippen LogP contribution in [-0.4, -0.2) is 52.1 Å². The van der Waals surface area contributed by atoms with Crippen molar-refractivity contribution < 1.29 is 27.4 Å². The number of methoxy groups -OCH3 is 1. The van der Waals surface area contributed by atoms with Crippen LogP contribution in [0.5, 0.6) is 11.5 Å².